The Balaban J connectivity index is 1.35. The third-order valence-corrected chi connectivity index (χ3v) is 6.58. The van der Waals surface area contributed by atoms with E-state index in [0.717, 1.165) is 17.8 Å². The summed E-state index contributed by atoms with van der Waals surface area (Å²) in [6, 6.07) is 6.37. The monoisotopic (exact) mass is 331 g/mol. The van der Waals surface area contributed by atoms with Gasteiger partial charge in [0.25, 0.3) is 5.91 Å². The van der Waals surface area contributed by atoms with Crippen molar-refractivity contribution in [2.24, 2.45) is 23.2 Å². The number of ether oxygens (including phenoxy) is 1. The van der Waals surface area contributed by atoms with Gasteiger partial charge in [-0.15, -0.1) is 0 Å². The molecule has 4 aliphatic carbocycles. The predicted octanol–water partition coefficient (Wildman–Crippen LogP) is 3.93. The highest BCUT2D eigenvalue weighted by Crippen LogP contribution is 2.61. The van der Waals surface area contributed by atoms with Gasteiger partial charge in [-0.25, -0.2) is 4.39 Å². The summed E-state index contributed by atoms with van der Waals surface area (Å²) in [6.45, 7) is 2.02. The van der Waals surface area contributed by atoms with Crippen LogP contribution in [0.5, 0.6) is 5.75 Å². The Kier molecular flexibility index (Phi) is 4.01. The molecule has 0 radical (unpaired) electrons. The molecule has 0 aromatic heterocycles. The van der Waals surface area contributed by atoms with Gasteiger partial charge in [-0.2, -0.15) is 0 Å². The molecule has 4 saturated carbocycles. The quantitative estimate of drug-likeness (QED) is 0.888. The largest absolute Gasteiger partial charge is 0.481 e. The van der Waals surface area contributed by atoms with Crippen LogP contribution in [0.25, 0.3) is 0 Å². The molecule has 1 amide bonds. The molecule has 5 rings (SSSR count). The van der Waals surface area contributed by atoms with Gasteiger partial charge in [-0.3, -0.25) is 4.79 Å². The molecule has 1 aromatic carbocycles. The van der Waals surface area contributed by atoms with Crippen LogP contribution in [0, 0.1) is 29.0 Å². The third-order valence-electron chi connectivity index (χ3n) is 6.58. The van der Waals surface area contributed by atoms with Crippen molar-refractivity contribution >= 4 is 5.91 Å². The minimum absolute atomic E-state index is 0.127. The Labute approximate surface area is 143 Å². The standard InChI is InChI=1S/C20H26FNO2/c1-13(20-9-14-6-15(10-20)8-16(7-14)11-20)22-19(23)12-24-18-5-3-2-4-17(18)21/h2-5,13-16H,6-12H2,1H3,(H,22,23)/t13-,14?,15?,16?,20?/m1/s1. The second kappa shape index (κ2) is 6.05. The fraction of sp³-hybridized carbons (Fsp3) is 0.650. The van der Waals surface area contributed by atoms with Gasteiger partial charge in [0.15, 0.2) is 18.2 Å². The van der Waals surface area contributed by atoms with Crippen molar-refractivity contribution < 1.29 is 13.9 Å². The van der Waals surface area contributed by atoms with Crippen molar-refractivity contribution in [2.75, 3.05) is 6.61 Å². The Hall–Kier alpha value is -1.58. The van der Waals surface area contributed by atoms with Crippen LogP contribution in [0.4, 0.5) is 4.39 Å². The number of benzene rings is 1. The Bertz CT molecular complexity index is 595. The first kappa shape index (κ1) is 15.9. The van der Waals surface area contributed by atoms with Crippen LogP contribution in [0.2, 0.25) is 0 Å². The summed E-state index contributed by atoms with van der Waals surface area (Å²) < 4.78 is 18.9. The van der Waals surface area contributed by atoms with Crippen molar-refractivity contribution in [3.8, 4) is 5.75 Å². The molecule has 4 bridgehead atoms. The number of rotatable bonds is 5. The molecule has 0 unspecified atom stereocenters. The summed E-state index contributed by atoms with van der Waals surface area (Å²) in [5.41, 5.74) is 0.280. The Morgan fingerprint density at radius 3 is 2.38 bits per heavy atom. The zero-order chi connectivity index (χ0) is 16.7. The van der Waals surface area contributed by atoms with E-state index in [0.29, 0.717) is 0 Å². The van der Waals surface area contributed by atoms with Crippen molar-refractivity contribution in [1.29, 1.82) is 0 Å². The summed E-state index contributed by atoms with van der Waals surface area (Å²) in [6.07, 6.45) is 7.97. The van der Waals surface area contributed by atoms with Gasteiger partial charge in [0.2, 0.25) is 0 Å². The SMILES string of the molecule is C[C@@H](NC(=O)COc1ccccc1F)C12CC3CC(CC(C3)C1)C2. The molecule has 3 nitrogen and oxygen atoms in total. The molecule has 1 aromatic rings. The zero-order valence-corrected chi connectivity index (χ0v) is 14.3. The molecule has 0 heterocycles. The molecule has 4 heteroatoms. The number of hydrogen-bond acceptors (Lipinski definition) is 2. The first-order chi connectivity index (χ1) is 11.5. The molecule has 0 spiro atoms. The van der Waals surface area contributed by atoms with Crippen molar-refractivity contribution in [3.63, 3.8) is 0 Å². The number of halogens is 1. The predicted molar refractivity (Wildman–Crippen MR) is 90.1 cm³/mol. The molecule has 0 saturated heterocycles. The van der Waals surface area contributed by atoms with E-state index in [4.69, 9.17) is 4.74 Å². The molecule has 1 atom stereocenters. The maximum absolute atomic E-state index is 13.6. The van der Waals surface area contributed by atoms with Gasteiger partial charge in [-0.05, 0) is 80.8 Å². The van der Waals surface area contributed by atoms with E-state index in [9.17, 15) is 9.18 Å². The molecule has 4 aliphatic rings. The molecule has 0 aliphatic heterocycles. The summed E-state index contributed by atoms with van der Waals surface area (Å²) in [7, 11) is 0. The average molecular weight is 331 g/mol. The molecule has 130 valence electrons. The minimum Gasteiger partial charge on any atom is -0.481 e. The van der Waals surface area contributed by atoms with Crippen molar-refractivity contribution in [2.45, 2.75) is 51.5 Å². The smallest absolute Gasteiger partial charge is 0.258 e. The molecule has 1 N–H and O–H groups in total. The summed E-state index contributed by atoms with van der Waals surface area (Å²) >= 11 is 0. The Morgan fingerprint density at radius 1 is 1.21 bits per heavy atom. The number of carbonyl (C=O) groups excluding carboxylic acids is 1. The number of hydrogen-bond donors (Lipinski definition) is 1. The van der Waals surface area contributed by atoms with Gasteiger partial charge in [-0.1, -0.05) is 12.1 Å². The third kappa shape index (κ3) is 2.91. The number of nitrogens with one attached hydrogen (secondary N) is 1. The minimum atomic E-state index is -0.431. The highest BCUT2D eigenvalue weighted by atomic mass is 19.1. The first-order valence-corrected chi connectivity index (χ1v) is 9.21. The van der Waals surface area contributed by atoms with Crippen molar-refractivity contribution in [1.82, 2.24) is 5.32 Å². The van der Waals surface area contributed by atoms with Crippen LogP contribution in [0.15, 0.2) is 24.3 Å². The summed E-state index contributed by atoms with van der Waals surface area (Å²) in [5.74, 6) is 2.15. The Morgan fingerprint density at radius 2 is 1.79 bits per heavy atom. The molecular weight excluding hydrogens is 305 g/mol. The van der Waals surface area contributed by atoms with Crippen LogP contribution in [0.1, 0.15) is 45.4 Å². The second-order valence-corrected chi connectivity index (χ2v) is 8.29. The summed E-state index contributed by atoms with van der Waals surface area (Å²) in [4.78, 5) is 12.3. The van der Waals surface area contributed by atoms with Crippen LogP contribution >= 0.6 is 0 Å². The highest BCUT2D eigenvalue weighted by molar-refractivity contribution is 5.77. The van der Waals surface area contributed by atoms with Gasteiger partial charge in [0, 0.05) is 6.04 Å². The molecular formula is C20H26FNO2. The van der Waals surface area contributed by atoms with Gasteiger partial charge in [0.1, 0.15) is 0 Å². The van der Waals surface area contributed by atoms with E-state index in [1.165, 1.54) is 44.6 Å². The average Bonchev–Trinajstić information content (AvgIpc) is 2.53. The first-order valence-electron chi connectivity index (χ1n) is 9.21. The lowest BCUT2D eigenvalue weighted by molar-refractivity contribution is -0.127. The lowest BCUT2D eigenvalue weighted by Gasteiger charge is -2.59. The maximum Gasteiger partial charge on any atom is 0.258 e. The number of carbonyl (C=O) groups is 1. The van der Waals surface area contributed by atoms with E-state index in [1.54, 1.807) is 18.2 Å². The van der Waals surface area contributed by atoms with Crippen molar-refractivity contribution in [3.05, 3.63) is 30.1 Å². The fourth-order valence-corrected chi connectivity index (χ4v) is 5.85. The summed E-state index contributed by atoms with van der Waals surface area (Å²) in [5, 5.41) is 3.14. The van der Waals surface area contributed by atoms with E-state index in [-0.39, 0.29) is 29.7 Å². The maximum atomic E-state index is 13.6. The van der Waals surface area contributed by atoms with Gasteiger partial charge >= 0.3 is 0 Å². The van der Waals surface area contributed by atoms with Crippen LogP contribution in [-0.4, -0.2) is 18.6 Å². The molecule has 24 heavy (non-hydrogen) atoms. The van der Waals surface area contributed by atoms with E-state index in [2.05, 4.69) is 12.2 Å². The van der Waals surface area contributed by atoms with Crippen LogP contribution in [-0.2, 0) is 4.79 Å². The zero-order valence-electron chi connectivity index (χ0n) is 14.3. The second-order valence-electron chi connectivity index (χ2n) is 8.29. The van der Waals surface area contributed by atoms with Gasteiger partial charge in [0.05, 0.1) is 0 Å². The lowest BCUT2D eigenvalue weighted by atomic mass is 9.48. The topological polar surface area (TPSA) is 38.3 Å². The number of para-hydroxylation sites is 1. The van der Waals surface area contributed by atoms with E-state index >= 15 is 0 Å². The van der Waals surface area contributed by atoms with Gasteiger partial charge < -0.3 is 10.1 Å². The number of amides is 1. The van der Waals surface area contributed by atoms with Crippen LogP contribution in [0.3, 0.4) is 0 Å². The fourth-order valence-electron chi connectivity index (χ4n) is 5.85. The molecule has 4 fully saturated rings. The lowest BCUT2D eigenvalue weighted by Crippen LogP contribution is -2.56. The van der Waals surface area contributed by atoms with E-state index in [1.807, 2.05) is 0 Å². The van der Waals surface area contributed by atoms with Crippen LogP contribution < -0.4 is 10.1 Å². The highest BCUT2D eigenvalue weighted by Gasteiger charge is 2.53. The normalized spacial score (nSPS) is 34.8. The van der Waals surface area contributed by atoms with E-state index < -0.39 is 5.82 Å².